The summed E-state index contributed by atoms with van der Waals surface area (Å²) in [4.78, 5) is 14.3. The average molecular weight is 388 g/mol. The predicted molar refractivity (Wildman–Crippen MR) is 115 cm³/mol. The SMILES string of the molecule is CCc1cccc(C)c1NC(=O)c1cc(-c2cccs2)nn1-c1ccccc1. The number of amides is 1. The molecule has 0 saturated carbocycles. The van der Waals surface area contributed by atoms with E-state index in [1.807, 2.05) is 79.0 Å². The monoisotopic (exact) mass is 387 g/mol. The third-order valence-corrected chi connectivity index (χ3v) is 5.59. The zero-order valence-electron chi connectivity index (χ0n) is 15.8. The van der Waals surface area contributed by atoms with Gasteiger partial charge in [-0.1, -0.05) is 49.4 Å². The Balaban J connectivity index is 1.77. The van der Waals surface area contributed by atoms with E-state index >= 15 is 0 Å². The Bertz CT molecular complexity index is 1100. The third-order valence-electron chi connectivity index (χ3n) is 4.69. The number of aromatic nitrogens is 2. The molecule has 5 heteroatoms. The quantitative estimate of drug-likeness (QED) is 0.476. The maximum Gasteiger partial charge on any atom is 0.274 e. The fourth-order valence-corrected chi connectivity index (χ4v) is 3.91. The Morgan fingerprint density at radius 1 is 1.07 bits per heavy atom. The van der Waals surface area contributed by atoms with Gasteiger partial charge < -0.3 is 5.32 Å². The number of carbonyl (C=O) groups is 1. The second-order valence-electron chi connectivity index (χ2n) is 6.56. The maximum atomic E-state index is 13.2. The van der Waals surface area contributed by atoms with Gasteiger partial charge in [0.1, 0.15) is 11.4 Å². The summed E-state index contributed by atoms with van der Waals surface area (Å²) in [6, 6.07) is 21.7. The van der Waals surface area contributed by atoms with E-state index in [-0.39, 0.29) is 5.91 Å². The van der Waals surface area contributed by atoms with Crippen molar-refractivity contribution in [2.45, 2.75) is 20.3 Å². The van der Waals surface area contributed by atoms with Gasteiger partial charge in [-0.2, -0.15) is 5.10 Å². The molecule has 0 aliphatic carbocycles. The summed E-state index contributed by atoms with van der Waals surface area (Å²) in [7, 11) is 0. The van der Waals surface area contributed by atoms with Crippen LogP contribution in [0.1, 0.15) is 28.5 Å². The van der Waals surface area contributed by atoms with Crippen LogP contribution in [0.15, 0.2) is 72.1 Å². The predicted octanol–water partition coefficient (Wildman–Crippen LogP) is 5.72. The van der Waals surface area contributed by atoms with Gasteiger partial charge in [0.2, 0.25) is 0 Å². The maximum absolute atomic E-state index is 13.2. The lowest BCUT2D eigenvalue weighted by molar-refractivity contribution is 0.101. The van der Waals surface area contributed by atoms with Crippen LogP contribution in [0.2, 0.25) is 0 Å². The molecular formula is C23H21N3OS. The lowest BCUT2D eigenvalue weighted by Crippen LogP contribution is -2.18. The van der Waals surface area contributed by atoms with E-state index in [0.717, 1.165) is 39.5 Å². The highest BCUT2D eigenvalue weighted by Crippen LogP contribution is 2.27. The number of aryl methyl sites for hydroxylation is 2. The van der Waals surface area contributed by atoms with Gasteiger partial charge >= 0.3 is 0 Å². The summed E-state index contributed by atoms with van der Waals surface area (Å²) < 4.78 is 1.72. The van der Waals surface area contributed by atoms with Crippen molar-refractivity contribution in [3.8, 4) is 16.3 Å². The fraction of sp³-hybridized carbons (Fsp3) is 0.130. The highest BCUT2D eigenvalue weighted by atomic mass is 32.1. The number of benzene rings is 2. The first-order valence-corrected chi connectivity index (χ1v) is 10.1. The Hall–Kier alpha value is -3.18. The van der Waals surface area contributed by atoms with Gasteiger partial charge in [0.05, 0.1) is 10.6 Å². The topological polar surface area (TPSA) is 46.9 Å². The molecule has 140 valence electrons. The number of nitrogens with zero attached hydrogens (tertiary/aromatic N) is 2. The molecule has 2 aromatic heterocycles. The van der Waals surface area contributed by atoms with Crippen LogP contribution in [-0.2, 0) is 6.42 Å². The van der Waals surface area contributed by atoms with Gasteiger partial charge in [-0.3, -0.25) is 4.79 Å². The van der Waals surface area contributed by atoms with Crippen LogP contribution >= 0.6 is 11.3 Å². The fourth-order valence-electron chi connectivity index (χ4n) is 3.23. The third kappa shape index (κ3) is 3.49. The molecule has 0 unspecified atom stereocenters. The average Bonchev–Trinajstić information content (AvgIpc) is 3.40. The molecule has 2 heterocycles. The highest BCUT2D eigenvalue weighted by Gasteiger charge is 2.19. The lowest BCUT2D eigenvalue weighted by Gasteiger charge is -2.13. The van der Waals surface area contributed by atoms with Crippen LogP contribution in [0.5, 0.6) is 0 Å². The van der Waals surface area contributed by atoms with Gasteiger partial charge in [0.25, 0.3) is 5.91 Å². The minimum absolute atomic E-state index is 0.164. The molecule has 0 aliphatic rings. The number of anilines is 1. The summed E-state index contributed by atoms with van der Waals surface area (Å²) in [5, 5.41) is 9.85. The summed E-state index contributed by atoms with van der Waals surface area (Å²) in [6.07, 6.45) is 0.857. The summed E-state index contributed by atoms with van der Waals surface area (Å²) >= 11 is 1.61. The molecule has 1 amide bonds. The Morgan fingerprint density at radius 2 is 1.89 bits per heavy atom. The van der Waals surface area contributed by atoms with Gasteiger partial charge in [-0.05, 0) is 54.1 Å². The number of hydrogen-bond donors (Lipinski definition) is 1. The largest absolute Gasteiger partial charge is 0.320 e. The van der Waals surface area contributed by atoms with Crippen molar-refractivity contribution >= 4 is 22.9 Å². The molecule has 1 N–H and O–H groups in total. The number of hydrogen-bond acceptors (Lipinski definition) is 3. The van der Waals surface area contributed by atoms with Crippen LogP contribution < -0.4 is 5.32 Å². The number of nitrogens with one attached hydrogen (secondary N) is 1. The molecule has 4 nitrogen and oxygen atoms in total. The molecule has 4 rings (SSSR count). The molecule has 0 saturated heterocycles. The Morgan fingerprint density at radius 3 is 2.61 bits per heavy atom. The lowest BCUT2D eigenvalue weighted by atomic mass is 10.1. The molecule has 4 aromatic rings. The first kappa shape index (κ1) is 18.2. The Kier molecular flexibility index (Phi) is 5.08. The first-order chi connectivity index (χ1) is 13.7. The van der Waals surface area contributed by atoms with Crippen LogP contribution in [0, 0.1) is 6.92 Å². The summed E-state index contributed by atoms with van der Waals surface area (Å²) in [6.45, 7) is 4.11. The van der Waals surface area contributed by atoms with E-state index in [0.29, 0.717) is 5.69 Å². The van der Waals surface area contributed by atoms with E-state index in [1.165, 1.54) is 0 Å². The van der Waals surface area contributed by atoms with E-state index in [9.17, 15) is 4.79 Å². The van der Waals surface area contributed by atoms with E-state index in [4.69, 9.17) is 5.10 Å². The van der Waals surface area contributed by atoms with E-state index in [2.05, 4.69) is 12.2 Å². The van der Waals surface area contributed by atoms with Crippen molar-refractivity contribution in [2.75, 3.05) is 5.32 Å². The van der Waals surface area contributed by atoms with Crippen molar-refractivity contribution < 1.29 is 4.79 Å². The number of thiophene rings is 1. The van der Waals surface area contributed by atoms with Crippen molar-refractivity contribution in [3.63, 3.8) is 0 Å². The second-order valence-corrected chi connectivity index (χ2v) is 7.50. The van der Waals surface area contributed by atoms with Crippen molar-refractivity contribution in [1.82, 2.24) is 9.78 Å². The second kappa shape index (κ2) is 7.82. The molecule has 0 fully saturated rings. The van der Waals surface area contributed by atoms with Gasteiger partial charge in [0, 0.05) is 5.69 Å². The van der Waals surface area contributed by atoms with Crippen LogP contribution in [0.3, 0.4) is 0 Å². The Labute approximate surface area is 168 Å². The summed E-state index contributed by atoms with van der Waals surface area (Å²) in [5.41, 5.74) is 5.23. The van der Waals surface area contributed by atoms with E-state index in [1.54, 1.807) is 16.0 Å². The number of para-hydroxylation sites is 2. The van der Waals surface area contributed by atoms with Crippen LogP contribution in [-0.4, -0.2) is 15.7 Å². The van der Waals surface area contributed by atoms with Gasteiger partial charge in [-0.25, -0.2) is 4.68 Å². The molecule has 0 atom stereocenters. The normalized spacial score (nSPS) is 10.8. The van der Waals surface area contributed by atoms with Gasteiger partial charge in [-0.15, -0.1) is 11.3 Å². The summed E-state index contributed by atoms with van der Waals surface area (Å²) in [5.74, 6) is -0.164. The van der Waals surface area contributed by atoms with Crippen molar-refractivity contribution in [2.24, 2.45) is 0 Å². The molecule has 0 radical (unpaired) electrons. The molecule has 0 spiro atoms. The zero-order chi connectivity index (χ0) is 19.5. The minimum Gasteiger partial charge on any atom is -0.320 e. The van der Waals surface area contributed by atoms with E-state index < -0.39 is 0 Å². The smallest absolute Gasteiger partial charge is 0.274 e. The molecule has 2 aromatic carbocycles. The van der Waals surface area contributed by atoms with Gasteiger partial charge in [0.15, 0.2) is 0 Å². The molecule has 0 aliphatic heterocycles. The molecule has 0 bridgehead atoms. The molecule has 28 heavy (non-hydrogen) atoms. The van der Waals surface area contributed by atoms with Crippen molar-refractivity contribution in [1.29, 1.82) is 0 Å². The molecular weight excluding hydrogens is 366 g/mol. The van der Waals surface area contributed by atoms with Crippen molar-refractivity contribution in [3.05, 3.63) is 88.9 Å². The van der Waals surface area contributed by atoms with Crippen LogP contribution in [0.4, 0.5) is 5.69 Å². The minimum atomic E-state index is -0.164. The zero-order valence-corrected chi connectivity index (χ0v) is 16.7. The van der Waals surface area contributed by atoms with Crippen LogP contribution in [0.25, 0.3) is 16.3 Å². The highest BCUT2D eigenvalue weighted by molar-refractivity contribution is 7.13. The number of carbonyl (C=O) groups excluding carboxylic acids is 1. The standard InChI is InChI=1S/C23H21N3OS/c1-3-17-10-7-9-16(2)22(17)24-23(27)20-15-19(21-13-8-14-28-21)25-26(20)18-11-5-4-6-12-18/h4-15H,3H2,1-2H3,(H,24,27). The number of rotatable bonds is 5. The first-order valence-electron chi connectivity index (χ1n) is 9.26.